The number of benzene rings is 1. The fourth-order valence-corrected chi connectivity index (χ4v) is 5.05. The van der Waals surface area contributed by atoms with Crippen molar-refractivity contribution in [2.24, 2.45) is 0 Å². The van der Waals surface area contributed by atoms with E-state index < -0.39 is 24.5 Å². The number of rotatable bonds is 8. The van der Waals surface area contributed by atoms with Crippen LogP contribution in [0.4, 0.5) is 35.3 Å². The monoisotopic (exact) mass is 861 g/mol. The number of carboxylic acids is 1. The normalized spacial score (nSPS) is 12.3. The molecule has 1 aliphatic heterocycles. The first-order valence-electron chi connectivity index (χ1n) is 16.4. The zero-order valence-corrected chi connectivity index (χ0v) is 31.9. The number of nitrogen functional groups attached to an aromatic ring is 6. The van der Waals surface area contributed by atoms with Crippen molar-refractivity contribution in [2.45, 2.75) is 38.0 Å². The Morgan fingerprint density at radius 3 is 2.09 bits per heavy atom. The summed E-state index contributed by atoms with van der Waals surface area (Å²) in [7, 11) is -1.32. The van der Waals surface area contributed by atoms with Crippen LogP contribution in [0.15, 0.2) is 44.8 Å². The number of hydrogen-bond donors (Lipinski definition) is 11. The van der Waals surface area contributed by atoms with Crippen LogP contribution in [0, 0.1) is 24.7 Å². The number of nitrogens with zero attached hydrogens (tertiary/aromatic N) is 6. The number of anilines is 6. The molecule has 1 aromatic carbocycles. The number of Topliss-reactive ketones (excluding diaryl/α,β-unsaturated/α-hetero) is 1. The van der Waals surface area contributed by atoms with E-state index in [1.165, 1.54) is 16.9 Å². The smallest absolute Gasteiger partial charge is 0.526 e. The quantitative estimate of drug-likeness (QED) is 0.0471. The highest BCUT2D eigenvalue weighted by Gasteiger charge is 2.37. The summed E-state index contributed by atoms with van der Waals surface area (Å²) in [6, 6.07) is 5.85. The zero-order chi connectivity index (χ0) is 43.1. The molecule has 0 bridgehead atoms. The molecule has 0 saturated carbocycles. The number of aromatic carboxylic acids is 1. The van der Waals surface area contributed by atoms with Gasteiger partial charge in [-0.2, -0.15) is 15.0 Å². The van der Waals surface area contributed by atoms with E-state index in [9.17, 15) is 34.1 Å². The minimum absolute atomic E-state index is 0.00160. The summed E-state index contributed by atoms with van der Waals surface area (Å²) in [5, 5.41) is 28.1. The number of H-pyrrole nitrogens is 3. The molecule has 0 aliphatic carbocycles. The van der Waals surface area contributed by atoms with Gasteiger partial charge in [0.25, 0.3) is 16.7 Å². The van der Waals surface area contributed by atoms with E-state index in [4.69, 9.17) is 51.9 Å². The second-order valence-electron chi connectivity index (χ2n) is 11.8. The van der Waals surface area contributed by atoms with Gasteiger partial charge < -0.3 is 49.2 Å². The van der Waals surface area contributed by atoms with Crippen molar-refractivity contribution >= 4 is 70.1 Å². The highest BCUT2D eigenvalue weighted by molar-refractivity contribution is 9.09. The predicted octanol–water partition coefficient (Wildman–Crippen LogP) is -1.68. The molecule has 0 unspecified atom stereocenters. The van der Waals surface area contributed by atoms with Crippen LogP contribution >= 0.6 is 15.9 Å². The molecule has 302 valence electrons. The average molecular weight is 862 g/mol. The number of carbonyl (C=O) groups is 2. The Morgan fingerprint density at radius 2 is 1.55 bits per heavy atom. The number of aromatic nitrogens is 9. The van der Waals surface area contributed by atoms with E-state index in [1.807, 2.05) is 0 Å². The number of carbonyl (C=O) groups excluding carboxylic acids is 1. The maximum absolute atomic E-state index is 12.6. The molecule has 5 aromatic rings. The predicted molar refractivity (Wildman–Crippen MR) is 218 cm³/mol. The summed E-state index contributed by atoms with van der Waals surface area (Å²) in [5.74, 6) is 3.00. The average Bonchev–Trinajstić information content (AvgIpc) is 3.57. The summed E-state index contributed by atoms with van der Waals surface area (Å²) in [5.41, 5.74) is 32.3. The summed E-state index contributed by atoms with van der Waals surface area (Å²) in [6.07, 6.45) is 11.8. The van der Waals surface area contributed by atoms with E-state index >= 15 is 0 Å². The lowest BCUT2D eigenvalue weighted by Crippen LogP contribution is -2.36. The fourth-order valence-electron chi connectivity index (χ4n) is 5.05. The van der Waals surface area contributed by atoms with Gasteiger partial charge in [0.05, 0.1) is 27.7 Å². The first kappa shape index (κ1) is 44.8. The third-order valence-electron chi connectivity index (χ3n) is 7.49. The summed E-state index contributed by atoms with van der Waals surface area (Å²) in [4.78, 5) is 75.4. The largest absolute Gasteiger partial charge is 0.535 e. The first-order valence-corrected chi connectivity index (χ1v) is 17.5. The second kappa shape index (κ2) is 20.9. The number of carboxylic acid groups (broad SMARTS) is 1. The van der Waals surface area contributed by atoms with Crippen LogP contribution in [0.2, 0.25) is 5.82 Å². The zero-order valence-electron chi connectivity index (χ0n) is 30.3. The molecule has 0 saturated heterocycles. The molecule has 25 heteroatoms. The number of fused-ring (bicyclic) bond motifs is 1. The first-order chi connectivity index (χ1) is 27.4. The molecule has 5 heterocycles. The lowest BCUT2D eigenvalue weighted by molar-refractivity contribution is -0.120. The Labute approximate surface area is 336 Å². The lowest BCUT2D eigenvalue weighted by atomic mass is 9.64. The van der Waals surface area contributed by atoms with E-state index in [1.54, 1.807) is 12.1 Å². The third kappa shape index (κ3) is 13.0. The van der Waals surface area contributed by atoms with E-state index in [2.05, 4.69) is 68.0 Å². The van der Waals surface area contributed by atoms with E-state index in [0.29, 0.717) is 16.6 Å². The maximum Gasteiger partial charge on any atom is 0.526 e. The molecule has 23 nitrogen and oxygen atoms in total. The van der Waals surface area contributed by atoms with Gasteiger partial charge in [0, 0.05) is 37.3 Å². The van der Waals surface area contributed by atoms with Crippen molar-refractivity contribution in [3.63, 3.8) is 0 Å². The van der Waals surface area contributed by atoms with Gasteiger partial charge in [0.15, 0.2) is 5.78 Å². The van der Waals surface area contributed by atoms with Crippen LogP contribution in [-0.2, 0) is 30.6 Å². The molecular formula is C33H37BBrN15O8. The van der Waals surface area contributed by atoms with Crippen LogP contribution in [0.5, 0.6) is 5.75 Å². The minimum atomic E-state index is -1.32. The van der Waals surface area contributed by atoms with Gasteiger partial charge in [-0.15, -0.1) is 23.9 Å². The van der Waals surface area contributed by atoms with Crippen LogP contribution in [0.3, 0.4) is 0 Å². The number of terminal acetylenes is 2. The number of ketones is 1. The molecule has 0 radical (unpaired) electrons. The Balaban J connectivity index is 0.000000291. The number of hydrogen-bond acceptors (Lipinski definition) is 18. The number of nitrogens with one attached hydrogen (secondary N) is 3. The van der Waals surface area contributed by atoms with Crippen molar-refractivity contribution in [1.29, 1.82) is 0 Å². The second-order valence-corrected chi connectivity index (χ2v) is 12.4. The van der Waals surface area contributed by atoms with Crippen molar-refractivity contribution in [3.05, 3.63) is 89.5 Å². The van der Waals surface area contributed by atoms with Gasteiger partial charge in [0.1, 0.15) is 29.7 Å². The van der Waals surface area contributed by atoms with Gasteiger partial charge in [-0.3, -0.25) is 34.1 Å². The highest BCUT2D eigenvalue weighted by Crippen LogP contribution is 2.36. The van der Waals surface area contributed by atoms with Crippen molar-refractivity contribution in [3.8, 4) is 30.4 Å². The number of halogens is 1. The summed E-state index contributed by atoms with van der Waals surface area (Å²) in [6.45, 7) is -0.107. The van der Waals surface area contributed by atoms with Crippen LogP contribution in [0.25, 0.3) is 0 Å². The molecule has 17 N–H and O–H groups in total. The Kier molecular flexibility index (Phi) is 16.1. The van der Waals surface area contributed by atoms with Crippen LogP contribution < -0.4 is 55.7 Å². The van der Waals surface area contributed by atoms with Gasteiger partial charge in [-0.25, -0.2) is 9.48 Å². The van der Waals surface area contributed by atoms with Gasteiger partial charge in [0.2, 0.25) is 17.8 Å². The molecule has 1 aliphatic rings. The summed E-state index contributed by atoms with van der Waals surface area (Å²) >= 11 is 3.01. The van der Waals surface area contributed by atoms with Gasteiger partial charge in [-0.1, -0.05) is 39.2 Å². The number of para-hydroxylation sites is 1. The Hall–Kier alpha value is -7.64. The molecule has 0 amide bonds. The minimum Gasteiger partial charge on any atom is -0.535 e. The van der Waals surface area contributed by atoms with E-state index in [-0.39, 0.29) is 107 Å². The molecular weight excluding hydrogens is 825 g/mol. The van der Waals surface area contributed by atoms with Crippen molar-refractivity contribution < 1.29 is 24.4 Å². The van der Waals surface area contributed by atoms with Crippen molar-refractivity contribution in [2.75, 3.05) is 39.7 Å². The van der Waals surface area contributed by atoms with Gasteiger partial charge in [-0.05, 0) is 18.1 Å². The molecule has 0 fully saturated rings. The highest BCUT2D eigenvalue weighted by atomic mass is 79.9. The molecule has 4 aromatic heterocycles. The number of aromatic amines is 3. The number of alkyl halides is 1. The number of nitrogens with two attached hydrogens (primary N) is 6. The third-order valence-corrected chi connectivity index (χ3v) is 7.81. The SMILES string of the molecule is C#CCBr.C#CCc1c(N)nc(N)[nH]c1=O.Nc1cc(=O)[nH]c(N)n1.Nc1nc(N)c(Cc2cn(CC(=O)C[C@H]3Cc4cccc(C(=O)O)c4OB3O)nn2)c(=O)[nH]1. The molecule has 0 spiro atoms. The Morgan fingerprint density at radius 1 is 0.948 bits per heavy atom. The van der Waals surface area contributed by atoms with Crippen molar-refractivity contribution in [1.82, 2.24) is 44.9 Å². The van der Waals surface area contributed by atoms with Crippen LogP contribution in [0.1, 0.15) is 39.2 Å². The fraction of sp³-hybridized carbons (Fsp3) is 0.212. The molecule has 58 heavy (non-hydrogen) atoms. The standard InChI is InChI=1S/C19H20BN7O6.C7H8N4O.C4H6N4O.C3H3Br/c21-16-14(17(29)24-19(22)23-16)6-11-7-27(26-25-11)8-12(28)5-10-4-9-2-1-3-13(18(30)31)15(9)33-20(10)32;1-2-3-4-5(8)10-7(9)11-6(4)12;5-2-1-3(9)8-4(6)7-2;1-2-3-4/h1-3,7,10,32H,4-6,8H2,(H,30,31)(H5,21,22,23,24,29);1H,3H2,(H5,8,9,10,11,12);1H,(H5,5,6,7,8,9);1H,3H2/t10-;;;/m1.../s1. The molecule has 1 atom stereocenters. The Bertz CT molecular complexity index is 2500. The van der Waals surface area contributed by atoms with Crippen LogP contribution in [-0.4, -0.2) is 79.2 Å². The topological polar surface area (TPSA) is 408 Å². The lowest BCUT2D eigenvalue weighted by Gasteiger charge is -2.27. The maximum atomic E-state index is 12.6. The van der Waals surface area contributed by atoms with Gasteiger partial charge >= 0.3 is 13.1 Å². The molecule has 6 rings (SSSR count). The summed E-state index contributed by atoms with van der Waals surface area (Å²) < 4.78 is 6.74. The van der Waals surface area contributed by atoms with E-state index in [0.717, 1.165) is 6.07 Å².